The van der Waals surface area contributed by atoms with Gasteiger partial charge in [-0.05, 0) is 41.9 Å². The van der Waals surface area contributed by atoms with E-state index in [-0.39, 0.29) is 29.1 Å². The van der Waals surface area contributed by atoms with E-state index in [0.29, 0.717) is 12.1 Å². The Morgan fingerprint density at radius 3 is 1.73 bits per heavy atom. The summed E-state index contributed by atoms with van der Waals surface area (Å²) in [7, 11) is 0. The summed E-state index contributed by atoms with van der Waals surface area (Å²) in [6.07, 6.45) is -2.56. The first-order valence-corrected chi connectivity index (χ1v) is 16.7. The molecule has 0 aliphatic carbocycles. The summed E-state index contributed by atoms with van der Waals surface area (Å²) in [5.74, 6) is -2.65. The Hall–Kier alpha value is -4.33. The molecular weight excluding hydrogens is 587 g/mol. The van der Waals surface area contributed by atoms with Crippen molar-refractivity contribution in [3.63, 3.8) is 0 Å². The average molecular weight is 625 g/mol. The van der Waals surface area contributed by atoms with Crippen molar-refractivity contribution >= 4 is 45.9 Å². The SMILES string of the molecule is CCNC(=O)c1cccc(C(=O)C[C@@H]2[C@@H]([C@@H](C)O)C(O)N2C(C(=O)O)=P(c2ccccc2)(c2ccccc2)c2ccccc2)c1. The number of nitrogens with one attached hydrogen (secondary N) is 1. The molecule has 1 amide bonds. The molecule has 1 saturated heterocycles. The van der Waals surface area contributed by atoms with E-state index in [4.69, 9.17) is 0 Å². The smallest absolute Gasteiger partial charge is 0.347 e. The van der Waals surface area contributed by atoms with Crippen LogP contribution in [0.3, 0.4) is 0 Å². The van der Waals surface area contributed by atoms with E-state index in [0.717, 1.165) is 15.9 Å². The number of carbonyl (C=O) groups is 3. The number of nitrogens with zero attached hydrogens (tertiary/aromatic N) is 1. The molecule has 0 aromatic heterocycles. The number of carbonyl (C=O) groups excluding carboxylic acids is 2. The zero-order valence-electron chi connectivity index (χ0n) is 25.2. The molecule has 1 aliphatic rings. The van der Waals surface area contributed by atoms with Crippen molar-refractivity contribution in [2.24, 2.45) is 5.92 Å². The van der Waals surface area contributed by atoms with Crippen LogP contribution in [0.1, 0.15) is 41.0 Å². The Labute approximate surface area is 262 Å². The van der Waals surface area contributed by atoms with Crippen LogP contribution in [0.5, 0.6) is 0 Å². The summed E-state index contributed by atoms with van der Waals surface area (Å²) in [5, 5.41) is 38.6. The van der Waals surface area contributed by atoms with Gasteiger partial charge in [0.2, 0.25) is 0 Å². The minimum absolute atomic E-state index is 0.0237. The van der Waals surface area contributed by atoms with Gasteiger partial charge in [0.05, 0.1) is 6.10 Å². The number of benzene rings is 4. The Kier molecular flexibility index (Phi) is 9.80. The van der Waals surface area contributed by atoms with Gasteiger partial charge in [-0.1, -0.05) is 103 Å². The number of ketones is 1. The number of aliphatic carboxylic acids is 1. The molecular formula is C36H37N2O6P. The van der Waals surface area contributed by atoms with Crippen molar-refractivity contribution in [3.8, 4) is 0 Å². The molecule has 1 aliphatic heterocycles. The zero-order valence-corrected chi connectivity index (χ0v) is 26.0. The Morgan fingerprint density at radius 1 is 0.800 bits per heavy atom. The number of aliphatic hydroxyl groups excluding tert-OH is 2. The van der Waals surface area contributed by atoms with Crippen LogP contribution in [0.4, 0.5) is 0 Å². The third kappa shape index (κ3) is 6.02. The number of hydrogen-bond donors (Lipinski definition) is 4. The number of amides is 1. The molecule has 4 aromatic carbocycles. The minimum Gasteiger partial charge on any atom is -0.477 e. The maximum Gasteiger partial charge on any atom is 0.347 e. The molecule has 232 valence electrons. The van der Waals surface area contributed by atoms with Crippen LogP contribution in [0, 0.1) is 5.92 Å². The molecule has 0 saturated carbocycles. The predicted molar refractivity (Wildman–Crippen MR) is 178 cm³/mol. The van der Waals surface area contributed by atoms with Gasteiger partial charge < -0.3 is 20.6 Å². The van der Waals surface area contributed by atoms with E-state index in [9.17, 15) is 29.7 Å². The summed E-state index contributed by atoms with van der Waals surface area (Å²) < 4.78 is 0. The first kappa shape index (κ1) is 32.1. The second-order valence-electron chi connectivity index (χ2n) is 11.1. The molecule has 8 nitrogen and oxygen atoms in total. The van der Waals surface area contributed by atoms with Gasteiger partial charge in [-0.3, -0.25) is 9.59 Å². The molecule has 45 heavy (non-hydrogen) atoms. The normalized spacial score (nSPS) is 18.8. The average Bonchev–Trinajstić information content (AvgIpc) is 3.05. The van der Waals surface area contributed by atoms with E-state index >= 15 is 0 Å². The van der Waals surface area contributed by atoms with Crippen molar-refractivity contribution in [2.45, 2.75) is 38.6 Å². The largest absolute Gasteiger partial charge is 0.477 e. The maximum atomic E-state index is 13.8. The van der Waals surface area contributed by atoms with Crippen LogP contribution in [0.2, 0.25) is 0 Å². The molecule has 1 fully saturated rings. The van der Waals surface area contributed by atoms with Crippen LogP contribution in [-0.4, -0.2) is 68.2 Å². The zero-order chi connectivity index (χ0) is 32.1. The van der Waals surface area contributed by atoms with Gasteiger partial charge in [0.15, 0.2) is 5.78 Å². The van der Waals surface area contributed by atoms with Gasteiger partial charge in [-0.15, -0.1) is 0 Å². The van der Waals surface area contributed by atoms with Crippen molar-refractivity contribution < 1.29 is 29.7 Å². The van der Waals surface area contributed by atoms with Crippen molar-refractivity contribution in [1.82, 2.24) is 10.2 Å². The Morgan fingerprint density at radius 2 is 1.29 bits per heavy atom. The third-order valence-corrected chi connectivity index (χ3v) is 12.6. The van der Waals surface area contributed by atoms with Crippen LogP contribution in [0.15, 0.2) is 115 Å². The highest BCUT2D eigenvalue weighted by atomic mass is 31.2. The topological polar surface area (TPSA) is 127 Å². The van der Waals surface area contributed by atoms with E-state index in [1.807, 2.05) is 91.0 Å². The van der Waals surface area contributed by atoms with Crippen LogP contribution < -0.4 is 21.2 Å². The second kappa shape index (κ2) is 13.8. The van der Waals surface area contributed by atoms with Crippen molar-refractivity contribution in [2.75, 3.05) is 6.54 Å². The predicted octanol–water partition coefficient (Wildman–Crippen LogP) is 3.22. The summed E-state index contributed by atoms with van der Waals surface area (Å²) >= 11 is 0. The maximum absolute atomic E-state index is 13.8. The molecule has 1 unspecified atom stereocenters. The van der Waals surface area contributed by atoms with Gasteiger partial charge >= 0.3 is 5.97 Å². The van der Waals surface area contributed by atoms with Crippen LogP contribution in [-0.2, 0) is 4.79 Å². The lowest BCUT2D eigenvalue weighted by Gasteiger charge is -2.55. The number of Topliss-reactive ketones (excluding diaryl/α,β-unsaturated/α-hetero) is 1. The lowest BCUT2D eigenvalue weighted by molar-refractivity contribution is -0.170. The lowest BCUT2D eigenvalue weighted by atomic mass is 9.78. The van der Waals surface area contributed by atoms with Crippen LogP contribution >= 0.6 is 6.89 Å². The van der Waals surface area contributed by atoms with E-state index in [2.05, 4.69) is 5.32 Å². The van der Waals surface area contributed by atoms with Gasteiger partial charge in [-0.25, -0.2) is 9.69 Å². The van der Waals surface area contributed by atoms with Gasteiger partial charge in [0.1, 0.15) is 11.6 Å². The van der Waals surface area contributed by atoms with Gasteiger partial charge in [0.25, 0.3) is 5.91 Å². The second-order valence-corrected chi connectivity index (χ2v) is 14.4. The van der Waals surface area contributed by atoms with Crippen molar-refractivity contribution in [1.29, 1.82) is 0 Å². The lowest BCUT2D eigenvalue weighted by Crippen LogP contribution is -2.70. The summed E-state index contributed by atoms with van der Waals surface area (Å²) in [4.78, 5) is 41.3. The van der Waals surface area contributed by atoms with E-state index < -0.39 is 37.1 Å². The van der Waals surface area contributed by atoms with Gasteiger partial charge in [-0.2, -0.15) is 0 Å². The molecule has 5 rings (SSSR count). The molecule has 1 heterocycles. The first-order chi connectivity index (χ1) is 21.7. The summed E-state index contributed by atoms with van der Waals surface area (Å²) in [6.45, 7) is 0.595. The van der Waals surface area contributed by atoms with Gasteiger partial charge in [0, 0.05) is 42.9 Å². The number of likely N-dealkylation sites (tertiary alicyclic amines) is 1. The monoisotopic (exact) mass is 624 g/mol. The highest BCUT2D eigenvalue weighted by molar-refractivity contribution is 7.96. The summed E-state index contributed by atoms with van der Waals surface area (Å²) in [6, 6.07) is 33.8. The molecule has 4 N–H and O–H groups in total. The molecule has 0 spiro atoms. The van der Waals surface area contributed by atoms with Crippen LogP contribution in [0.25, 0.3) is 0 Å². The first-order valence-electron chi connectivity index (χ1n) is 14.9. The molecule has 4 aromatic rings. The van der Waals surface area contributed by atoms with E-state index in [1.165, 1.54) is 17.9 Å². The fourth-order valence-corrected chi connectivity index (χ4v) is 10.7. The Bertz CT molecular complexity index is 1620. The fraction of sp³-hybridized carbons (Fsp3) is 0.222. The highest BCUT2D eigenvalue weighted by Gasteiger charge is 2.55. The molecule has 9 heteroatoms. The molecule has 0 radical (unpaired) electrons. The van der Waals surface area contributed by atoms with E-state index in [1.54, 1.807) is 25.1 Å². The standard InChI is InChI=1S/C36H37N2O6P/c1-3-37-33(41)26-15-13-14-25(22-26)31(40)23-30-32(24(2)39)34(42)38(30)35(36(43)44)45(27-16-7-4-8-17-27,28-18-9-5-10-19-28)29-20-11-6-12-21-29/h4-22,24,30,32,34,39,42H,3,23H2,1-2H3,(H,37,41)(H,43,44)/t24-,30-,32-,34?/m1/s1. The summed E-state index contributed by atoms with van der Waals surface area (Å²) in [5.41, 5.74) is 0.598. The number of hydrogen-bond acceptors (Lipinski definition) is 5. The highest BCUT2D eigenvalue weighted by Crippen LogP contribution is 2.50. The number of carboxylic acid groups (broad SMARTS) is 1. The fourth-order valence-electron chi connectivity index (χ4n) is 6.35. The Balaban J connectivity index is 1.74. The molecule has 4 atom stereocenters. The number of aliphatic hydroxyl groups is 2. The molecule has 0 bridgehead atoms. The third-order valence-electron chi connectivity index (χ3n) is 8.35. The quantitative estimate of drug-likeness (QED) is 0.149. The number of carboxylic acids is 1. The minimum atomic E-state index is -3.18. The van der Waals surface area contributed by atoms with Crippen molar-refractivity contribution in [3.05, 3.63) is 126 Å². The number of rotatable bonds is 11.